The van der Waals surface area contributed by atoms with Crippen LogP contribution in [0, 0.1) is 0 Å². The summed E-state index contributed by atoms with van der Waals surface area (Å²) in [6, 6.07) is 5.95. The van der Waals surface area contributed by atoms with Gasteiger partial charge in [-0.25, -0.2) is 0 Å². The first-order chi connectivity index (χ1) is 14.5. The molecule has 0 bridgehead atoms. The quantitative estimate of drug-likeness (QED) is 0.527. The molecule has 2 fully saturated rings. The maximum absolute atomic E-state index is 12.8. The molecule has 1 aromatic rings. The SMILES string of the molecule is O=C(Nc1ccc(N2CCOCC2)cc1N1CCOCC1)C1=C[C@@H](O)[C@@H](O)[C@H](O)C1. The molecule has 1 amide bonds. The smallest absolute Gasteiger partial charge is 0.251 e. The van der Waals surface area contributed by atoms with Crippen molar-refractivity contribution >= 4 is 23.0 Å². The molecule has 30 heavy (non-hydrogen) atoms. The van der Waals surface area contributed by atoms with Crippen LogP contribution < -0.4 is 15.1 Å². The summed E-state index contributed by atoms with van der Waals surface area (Å²) in [7, 11) is 0. The normalized spacial score (nSPS) is 27.6. The van der Waals surface area contributed by atoms with Crippen LogP contribution in [0.15, 0.2) is 29.8 Å². The summed E-state index contributed by atoms with van der Waals surface area (Å²) in [5.41, 5.74) is 2.90. The highest BCUT2D eigenvalue weighted by molar-refractivity contribution is 6.06. The van der Waals surface area contributed by atoms with Gasteiger partial charge in [-0.05, 0) is 24.3 Å². The van der Waals surface area contributed by atoms with Gasteiger partial charge in [-0.1, -0.05) is 0 Å². The van der Waals surface area contributed by atoms with E-state index in [0.717, 1.165) is 37.6 Å². The number of morpholine rings is 2. The number of ether oxygens (including phenoxy) is 2. The number of carbonyl (C=O) groups is 1. The van der Waals surface area contributed by atoms with Gasteiger partial charge >= 0.3 is 0 Å². The van der Waals surface area contributed by atoms with Crippen LogP contribution in [0.5, 0.6) is 0 Å². The van der Waals surface area contributed by atoms with Gasteiger partial charge in [-0.15, -0.1) is 0 Å². The molecular weight excluding hydrogens is 390 g/mol. The molecule has 1 aliphatic carbocycles. The predicted octanol–water partition coefficient (Wildman–Crippen LogP) is -0.289. The summed E-state index contributed by atoms with van der Waals surface area (Å²) in [6.07, 6.45) is -2.42. The molecule has 4 N–H and O–H groups in total. The second-order valence-electron chi connectivity index (χ2n) is 7.80. The zero-order valence-electron chi connectivity index (χ0n) is 16.9. The average molecular weight is 419 g/mol. The number of nitrogens with one attached hydrogen (secondary N) is 1. The van der Waals surface area contributed by atoms with Gasteiger partial charge in [0.1, 0.15) is 12.2 Å². The van der Waals surface area contributed by atoms with E-state index in [1.54, 1.807) is 0 Å². The summed E-state index contributed by atoms with van der Waals surface area (Å²) in [5.74, 6) is -0.395. The van der Waals surface area contributed by atoms with E-state index in [4.69, 9.17) is 9.47 Å². The van der Waals surface area contributed by atoms with Gasteiger partial charge in [0.2, 0.25) is 0 Å². The highest BCUT2D eigenvalue weighted by Crippen LogP contribution is 2.33. The second kappa shape index (κ2) is 9.32. The summed E-state index contributed by atoms with van der Waals surface area (Å²) in [5, 5.41) is 32.4. The Morgan fingerprint density at radius 1 is 0.967 bits per heavy atom. The number of benzene rings is 1. The Kier molecular flexibility index (Phi) is 6.55. The van der Waals surface area contributed by atoms with Gasteiger partial charge in [0, 0.05) is 43.9 Å². The van der Waals surface area contributed by atoms with Gasteiger partial charge in [0.15, 0.2) is 0 Å². The Labute approximate surface area is 175 Å². The van der Waals surface area contributed by atoms with Crippen LogP contribution in [0.1, 0.15) is 6.42 Å². The van der Waals surface area contributed by atoms with Crippen molar-refractivity contribution in [2.45, 2.75) is 24.7 Å². The van der Waals surface area contributed by atoms with Crippen molar-refractivity contribution < 1.29 is 29.6 Å². The molecule has 0 spiro atoms. The van der Waals surface area contributed by atoms with Crippen LogP contribution in [0.2, 0.25) is 0 Å². The first-order valence-corrected chi connectivity index (χ1v) is 10.4. The number of aliphatic hydroxyl groups is 3. The maximum Gasteiger partial charge on any atom is 0.251 e. The van der Waals surface area contributed by atoms with Crippen LogP contribution >= 0.6 is 0 Å². The number of hydrogen-bond donors (Lipinski definition) is 4. The molecule has 9 heteroatoms. The van der Waals surface area contributed by atoms with Crippen LogP contribution in [0.25, 0.3) is 0 Å². The largest absolute Gasteiger partial charge is 0.390 e. The monoisotopic (exact) mass is 419 g/mol. The highest BCUT2D eigenvalue weighted by atomic mass is 16.5. The van der Waals surface area contributed by atoms with Crippen LogP contribution in [-0.4, -0.2) is 92.1 Å². The van der Waals surface area contributed by atoms with Gasteiger partial charge in [-0.3, -0.25) is 4.79 Å². The molecule has 164 valence electrons. The zero-order valence-corrected chi connectivity index (χ0v) is 16.9. The molecule has 2 saturated heterocycles. The summed E-state index contributed by atoms with van der Waals surface area (Å²) >= 11 is 0. The van der Waals surface area contributed by atoms with Crippen molar-refractivity contribution in [1.82, 2.24) is 0 Å². The molecule has 9 nitrogen and oxygen atoms in total. The van der Waals surface area contributed by atoms with Gasteiger partial charge in [0.25, 0.3) is 5.91 Å². The molecular formula is C21H29N3O6. The standard InChI is InChI=1S/C21H29N3O6/c25-18-11-14(12-19(26)20(18)27)21(28)22-16-2-1-15(23-3-7-29-8-4-23)13-17(16)24-5-9-30-10-6-24/h1-2,11,13,18-20,25-27H,3-10,12H2,(H,22,28)/t18-,19-,20-/m1/s1. The Morgan fingerprint density at radius 3 is 2.23 bits per heavy atom. The molecule has 0 unspecified atom stereocenters. The lowest BCUT2D eigenvalue weighted by molar-refractivity contribution is -0.114. The van der Waals surface area contributed by atoms with Gasteiger partial charge < -0.3 is 39.9 Å². The number of anilines is 3. The molecule has 1 aromatic carbocycles. The lowest BCUT2D eigenvalue weighted by Crippen LogP contribution is -2.41. The summed E-state index contributed by atoms with van der Waals surface area (Å²) in [4.78, 5) is 17.3. The van der Waals surface area contributed by atoms with E-state index < -0.39 is 24.2 Å². The third kappa shape index (κ3) is 4.60. The minimum absolute atomic E-state index is 0.0111. The molecule has 0 aromatic heterocycles. The molecule has 0 radical (unpaired) electrons. The summed E-state index contributed by atoms with van der Waals surface area (Å²) < 4.78 is 10.9. The van der Waals surface area contributed by atoms with E-state index in [9.17, 15) is 20.1 Å². The highest BCUT2D eigenvalue weighted by Gasteiger charge is 2.32. The zero-order chi connectivity index (χ0) is 21.1. The third-order valence-corrected chi connectivity index (χ3v) is 5.79. The fourth-order valence-corrected chi connectivity index (χ4v) is 4.03. The van der Waals surface area contributed by atoms with Gasteiger partial charge in [0.05, 0.1) is 43.9 Å². The molecule has 2 aliphatic heterocycles. The molecule has 0 saturated carbocycles. The van der Waals surface area contributed by atoms with Crippen molar-refractivity contribution in [1.29, 1.82) is 0 Å². The van der Waals surface area contributed by atoms with E-state index in [-0.39, 0.29) is 12.0 Å². The number of rotatable bonds is 4. The maximum atomic E-state index is 12.8. The molecule has 3 atom stereocenters. The Balaban J connectivity index is 1.58. The van der Waals surface area contributed by atoms with E-state index >= 15 is 0 Å². The van der Waals surface area contributed by atoms with Crippen LogP contribution in [-0.2, 0) is 14.3 Å². The van der Waals surface area contributed by atoms with Gasteiger partial charge in [-0.2, -0.15) is 0 Å². The number of hydrogen-bond acceptors (Lipinski definition) is 8. The second-order valence-corrected chi connectivity index (χ2v) is 7.80. The van der Waals surface area contributed by atoms with Crippen molar-refractivity contribution in [2.24, 2.45) is 0 Å². The Hall–Kier alpha value is -2.17. The predicted molar refractivity (Wildman–Crippen MR) is 112 cm³/mol. The van der Waals surface area contributed by atoms with E-state index in [2.05, 4.69) is 21.2 Å². The van der Waals surface area contributed by atoms with Crippen molar-refractivity contribution in [3.8, 4) is 0 Å². The van der Waals surface area contributed by atoms with Crippen LogP contribution in [0.4, 0.5) is 17.1 Å². The van der Waals surface area contributed by atoms with Crippen molar-refractivity contribution in [2.75, 3.05) is 67.7 Å². The summed E-state index contributed by atoms with van der Waals surface area (Å²) in [6.45, 7) is 5.71. The van der Waals surface area contributed by atoms with Crippen LogP contribution in [0.3, 0.4) is 0 Å². The number of aliphatic hydroxyl groups excluding tert-OH is 3. The van der Waals surface area contributed by atoms with E-state index in [1.165, 1.54) is 6.08 Å². The van der Waals surface area contributed by atoms with E-state index in [1.807, 2.05) is 12.1 Å². The number of nitrogens with zero attached hydrogens (tertiary/aromatic N) is 2. The first-order valence-electron chi connectivity index (χ1n) is 10.4. The minimum Gasteiger partial charge on any atom is -0.390 e. The first kappa shape index (κ1) is 21.1. The molecule has 2 heterocycles. The third-order valence-electron chi connectivity index (χ3n) is 5.79. The van der Waals surface area contributed by atoms with Crippen molar-refractivity contribution in [3.63, 3.8) is 0 Å². The molecule has 4 rings (SSSR count). The Morgan fingerprint density at radius 2 is 1.60 bits per heavy atom. The number of carbonyl (C=O) groups excluding carboxylic acids is 1. The number of amides is 1. The minimum atomic E-state index is -1.28. The fraction of sp³-hybridized carbons (Fsp3) is 0.571. The van der Waals surface area contributed by atoms with Crippen molar-refractivity contribution in [3.05, 3.63) is 29.8 Å². The van der Waals surface area contributed by atoms with E-state index in [0.29, 0.717) is 32.1 Å². The topological polar surface area (TPSA) is 115 Å². The fourth-order valence-electron chi connectivity index (χ4n) is 4.03. The molecule has 3 aliphatic rings. The lowest BCUT2D eigenvalue weighted by atomic mass is 9.92. The Bertz CT molecular complexity index is 789. The average Bonchev–Trinajstić information content (AvgIpc) is 2.78. The lowest BCUT2D eigenvalue weighted by Gasteiger charge is -2.34.